The third-order valence-corrected chi connectivity index (χ3v) is 5.58. The van der Waals surface area contributed by atoms with Crippen LogP contribution in [0.25, 0.3) is 6.08 Å². The molecule has 0 radical (unpaired) electrons. The van der Waals surface area contributed by atoms with Crippen molar-refractivity contribution in [3.05, 3.63) is 89.8 Å². The summed E-state index contributed by atoms with van der Waals surface area (Å²) in [5, 5.41) is 0.139. The number of para-hydroxylation sites is 2. The summed E-state index contributed by atoms with van der Waals surface area (Å²) in [5.74, 6) is -0.855. The van der Waals surface area contributed by atoms with Gasteiger partial charge in [0, 0.05) is 17.9 Å². The highest BCUT2D eigenvalue weighted by molar-refractivity contribution is 7.81. The molecule has 2 amide bonds. The number of carbonyl (C=O) groups excluding carboxylic acids is 2. The van der Waals surface area contributed by atoms with Crippen LogP contribution in [0.2, 0.25) is 0 Å². The molecule has 0 unspecified atom stereocenters. The van der Waals surface area contributed by atoms with Crippen LogP contribution in [0.4, 0.5) is 11.4 Å². The van der Waals surface area contributed by atoms with E-state index in [2.05, 4.69) is 18.4 Å². The van der Waals surface area contributed by atoms with Crippen molar-refractivity contribution in [2.24, 2.45) is 0 Å². The first kappa shape index (κ1) is 20.8. The third kappa shape index (κ3) is 3.82. The predicted octanol–water partition coefficient (Wildman–Crippen LogP) is 5.13. The molecule has 0 saturated carbocycles. The molecule has 6 heteroatoms. The molecule has 0 aliphatic carbocycles. The van der Waals surface area contributed by atoms with Crippen LogP contribution in [0.5, 0.6) is 0 Å². The highest BCUT2D eigenvalue weighted by Gasteiger charge is 2.41. The maximum atomic E-state index is 13.5. The Morgan fingerprint density at radius 1 is 0.839 bits per heavy atom. The van der Waals surface area contributed by atoms with Gasteiger partial charge in [0.25, 0.3) is 11.8 Å². The van der Waals surface area contributed by atoms with E-state index in [-0.39, 0.29) is 16.7 Å². The lowest BCUT2D eigenvalue weighted by Gasteiger charge is -2.36. The van der Waals surface area contributed by atoms with E-state index in [1.54, 1.807) is 30.3 Å². The van der Waals surface area contributed by atoms with Gasteiger partial charge in [-0.15, -0.1) is 0 Å². The Labute approximate surface area is 187 Å². The molecule has 2 heterocycles. The second-order valence-electron chi connectivity index (χ2n) is 7.71. The lowest BCUT2D eigenvalue weighted by molar-refractivity contribution is -0.120. The van der Waals surface area contributed by atoms with Crippen molar-refractivity contribution in [1.82, 2.24) is 4.57 Å². The van der Waals surface area contributed by atoms with E-state index in [1.165, 1.54) is 9.80 Å². The molecular formula is C25H23N3O2S. The molecule has 31 heavy (non-hydrogen) atoms. The van der Waals surface area contributed by atoms with Crippen molar-refractivity contribution >= 4 is 46.6 Å². The Morgan fingerprint density at radius 2 is 1.32 bits per heavy atom. The van der Waals surface area contributed by atoms with Gasteiger partial charge in [-0.1, -0.05) is 36.4 Å². The van der Waals surface area contributed by atoms with Crippen molar-refractivity contribution in [1.29, 1.82) is 0 Å². The van der Waals surface area contributed by atoms with Gasteiger partial charge in [0.1, 0.15) is 5.57 Å². The van der Waals surface area contributed by atoms with Crippen LogP contribution >= 0.6 is 12.2 Å². The Kier molecular flexibility index (Phi) is 5.57. The second kappa shape index (κ2) is 8.32. The number of carbonyl (C=O) groups is 2. The Bertz CT molecular complexity index is 1120. The molecule has 0 atom stereocenters. The molecule has 0 N–H and O–H groups in total. The van der Waals surface area contributed by atoms with Crippen LogP contribution in [0, 0.1) is 6.92 Å². The van der Waals surface area contributed by atoms with E-state index < -0.39 is 11.8 Å². The van der Waals surface area contributed by atoms with Gasteiger partial charge in [-0.25, -0.2) is 0 Å². The summed E-state index contributed by atoms with van der Waals surface area (Å²) in [6.07, 6.45) is 3.62. The Morgan fingerprint density at radius 3 is 1.74 bits per heavy atom. The van der Waals surface area contributed by atoms with Crippen LogP contribution in [-0.2, 0) is 9.59 Å². The monoisotopic (exact) mass is 429 g/mol. The maximum absolute atomic E-state index is 13.5. The number of hydrogen-bond donors (Lipinski definition) is 0. The van der Waals surface area contributed by atoms with Crippen molar-refractivity contribution in [3.8, 4) is 0 Å². The molecule has 1 aromatic heterocycles. The first-order chi connectivity index (χ1) is 14.9. The van der Waals surface area contributed by atoms with Crippen LogP contribution in [-0.4, -0.2) is 21.5 Å². The van der Waals surface area contributed by atoms with Gasteiger partial charge in [-0.2, -0.15) is 0 Å². The van der Waals surface area contributed by atoms with Gasteiger partial charge in [0.05, 0.1) is 11.4 Å². The second-order valence-corrected chi connectivity index (χ2v) is 8.07. The molecular weight excluding hydrogens is 406 g/mol. The van der Waals surface area contributed by atoms with Gasteiger partial charge in [0.2, 0.25) is 0 Å². The van der Waals surface area contributed by atoms with E-state index in [4.69, 9.17) is 12.2 Å². The minimum atomic E-state index is -0.427. The van der Waals surface area contributed by atoms with Crippen molar-refractivity contribution in [3.63, 3.8) is 0 Å². The number of anilines is 2. The van der Waals surface area contributed by atoms with Gasteiger partial charge >= 0.3 is 0 Å². The fourth-order valence-electron chi connectivity index (χ4n) is 3.76. The highest BCUT2D eigenvalue weighted by Crippen LogP contribution is 2.30. The number of rotatable bonds is 4. The van der Waals surface area contributed by atoms with Gasteiger partial charge in [-0.05, 0) is 75.0 Å². The average molecular weight is 430 g/mol. The molecule has 2 aromatic carbocycles. The number of aryl methyl sites for hydroxylation is 1. The van der Waals surface area contributed by atoms with E-state index in [0.29, 0.717) is 11.4 Å². The van der Waals surface area contributed by atoms with Gasteiger partial charge in [-0.3, -0.25) is 19.4 Å². The molecule has 1 aliphatic rings. The Hall–Kier alpha value is -3.51. The zero-order valence-corrected chi connectivity index (χ0v) is 18.5. The summed E-state index contributed by atoms with van der Waals surface area (Å²) < 4.78 is 2.11. The molecule has 1 fully saturated rings. The topological polar surface area (TPSA) is 45.6 Å². The Balaban J connectivity index is 1.85. The van der Waals surface area contributed by atoms with E-state index >= 15 is 0 Å². The molecule has 1 aliphatic heterocycles. The van der Waals surface area contributed by atoms with Crippen LogP contribution < -0.4 is 9.80 Å². The fraction of sp³-hybridized carbons (Fsp3) is 0.160. The lowest BCUT2D eigenvalue weighted by atomic mass is 10.1. The van der Waals surface area contributed by atoms with Gasteiger partial charge in [0.15, 0.2) is 5.11 Å². The third-order valence-electron chi connectivity index (χ3n) is 5.22. The number of benzene rings is 2. The normalized spacial score (nSPS) is 14.6. The molecule has 4 rings (SSSR count). The standard InChI is InChI=1S/C25H23N3O2S/c1-17(2)26-16-19(14-18(26)3)15-22-23(29)27(20-10-6-4-7-11-20)25(31)28(24(22)30)21-12-8-5-9-13-21/h4-17H,1-3H3. The average Bonchev–Trinajstić information content (AvgIpc) is 3.13. The predicted molar refractivity (Wildman–Crippen MR) is 128 cm³/mol. The van der Waals surface area contributed by atoms with Crippen LogP contribution in [0.3, 0.4) is 0 Å². The van der Waals surface area contributed by atoms with Crippen molar-refractivity contribution in [2.45, 2.75) is 26.8 Å². The van der Waals surface area contributed by atoms with Crippen LogP contribution in [0.1, 0.15) is 31.1 Å². The summed E-state index contributed by atoms with van der Waals surface area (Å²) in [6.45, 7) is 6.19. The molecule has 0 spiro atoms. The lowest BCUT2D eigenvalue weighted by Crippen LogP contribution is -2.56. The number of amides is 2. The smallest absolute Gasteiger partial charge is 0.270 e. The summed E-state index contributed by atoms with van der Waals surface area (Å²) >= 11 is 5.62. The number of nitrogens with zero attached hydrogens (tertiary/aromatic N) is 3. The zero-order valence-electron chi connectivity index (χ0n) is 17.6. The summed E-state index contributed by atoms with van der Waals surface area (Å²) in [5.41, 5.74) is 3.17. The first-order valence-electron chi connectivity index (χ1n) is 10.1. The SMILES string of the molecule is Cc1cc(C=C2C(=O)N(c3ccccc3)C(=S)N(c3ccccc3)C2=O)cn1C(C)C. The summed E-state index contributed by atoms with van der Waals surface area (Å²) in [7, 11) is 0. The quantitative estimate of drug-likeness (QED) is 0.328. The summed E-state index contributed by atoms with van der Waals surface area (Å²) in [6, 6.07) is 20.6. The highest BCUT2D eigenvalue weighted by atomic mass is 32.1. The minimum Gasteiger partial charge on any atom is -0.349 e. The van der Waals surface area contributed by atoms with E-state index in [9.17, 15) is 9.59 Å². The number of thiocarbonyl (C=S) groups is 1. The zero-order chi connectivity index (χ0) is 22.1. The molecule has 156 valence electrons. The minimum absolute atomic E-state index is 0.0715. The van der Waals surface area contributed by atoms with E-state index in [1.807, 2.05) is 55.6 Å². The largest absolute Gasteiger partial charge is 0.349 e. The molecule has 0 bridgehead atoms. The van der Waals surface area contributed by atoms with Crippen molar-refractivity contribution < 1.29 is 9.59 Å². The van der Waals surface area contributed by atoms with Crippen LogP contribution in [0.15, 0.2) is 78.5 Å². The first-order valence-corrected chi connectivity index (χ1v) is 10.5. The van der Waals surface area contributed by atoms with Gasteiger partial charge < -0.3 is 4.57 Å². The summed E-state index contributed by atoms with van der Waals surface area (Å²) in [4.78, 5) is 29.8. The number of hydrogen-bond acceptors (Lipinski definition) is 3. The van der Waals surface area contributed by atoms with Crippen molar-refractivity contribution in [2.75, 3.05) is 9.80 Å². The fourth-order valence-corrected chi connectivity index (χ4v) is 4.13. The number of aromatic nitrogens is 1. The molecule has 5 nitrogen and oxygen atoms in total. The maximum Gasteiger partial charge on any atom is 0.270 e. The molecule has 1 saturated heterocycles. The molecule has 3 aromatic rings. The van der Waals surface area contributed by atoms with E-state index in [0.717, 1.165) is 11.3 Å².